The molecule has 11 heteroatoms. The maximum Gasteiger partial charge on any atom is 0.326 e. The van der Waals surface area contributed by atoms with Gasteiger partial charge in [0.2, 0.25) is 5.91 Å². The number of carboxylic acid groups (broad SMARTS) is 1. The van der Waals surface area contributed by atoms with Gasteiger partial charge in [-0.1, -0.05) is 13.8 Å². The van der Waals surface area contributed by atoms with Crippen LogP contribution >= 0.6 is 0 Å². The third-order valence-corrected chi connectivity index (χ3v) is 6.36. The quantitative estimate of drug-likeness (QED) is 0.548. The normalized spacial score (nSPS) is 12.2. The molecule has 0 aliphatic rings. The van der Waals surface area contributed by atoms with Gasteiger partial charge in [0.25, 0.3) is 10.0 Å². The Bertz CT molecular complexity index is 1070. The lowest BCUT2D eigenvalue weighted by atomic mass is 10.1. The average molecular weight is 469 g/mol. The van der Waals surface area contributed by atoms with Crippen LogP contribution < -0.4 is 19.1 Å². The number of rotatable bonds is 10. The standard InChI is InChI=1S/C21H25FN2O7S/c1-13(2)20(21(26)27)23-19(25)12-24(15-7-5-14(22)6-8-15)32(28,29)16-9-10-17(30-3)18(11-16)31-4/h5-11,13,20H,12H2,1-4H3,(H,23,25)(H,26,27)/t20-/m0/s1. The van der Waals surface area contributed by atoms with Gasteiger partial charge in [0.15, 0.2) is 11.5 Å². The molecule has 0 saturated carbocycles. The Balaban J connectivity index is 2.48. The van der Waals surface area contributed by atoms with Gasteiger partial charge in [0.1, 0.15) is 18.4 Å². The maximum atomic E-state index is 13.4. The minimum atomic E-state index is -4.33. The van der Waals surface area contributed by atoms with E-state index in [1.54, 1.807) is 13.8 Å². The molecular weight excluding hydrogens is 443 g/mol. The summed E-state index contributed by atoms with van der Waals surface area (Å²) in [7, 11) is -1.59. The van der Waals surface area contributed by atoms with Crippen molar-refractivity contribution in [3.8, 4) is 11.5 Å². The predicted molar refractivity (Wildman–Crippen MR) is 115 cm³/mol. The molecule has 0 unspecified atom stereocenters. The Labute approximate surface area is 185 Å². The number of methoxy groups -OCH3 is 2. The van der Waals surface area contributed by atoms with E-state index in [9.17, 15) is 27.5 Å². The van der Waals surface area contributed by atoms with E-state index in [-0.39, 0.29) is 16.3 Å². The molecule has 1 atom stereocenters. The third kappa shape index (κ3) is 5.67. The highest BCUT2D eigenvalue weighted by Crippen LogP contribution is 2.32. The fraction of sp³-hybridized carbons (Fsp3) is 0.333. The highest BCUT2D eigenvalue weighted by molar-refractivity contribution is 7.92. The van der Waals surface area contributed by atoms with E-state index in [4.69, 9.17) is 9.47 Å². The summed E-state index contributed by atoms with van der Waals surface area (Å²) < 4.78 is 51.3. The molecule has 0 aliphatic carbocycles. The number of nitrogens with zero attached hydrogens (tertiary/aromatic N) is 1. The van der Waals surface area contributed by atoms with Crippen LogP contribution in [-0.2, 0) is 19.6 Å². The second-order valence-electron chi connectivity index (χ2n) is 7.13. The van der Waals surface area contributed by atoms with Crippen LogP contribution in [0.5, 0.6) is 11.5 Å². The summed E-state index contributed by atoms with van der Waals surface area (Å²) in [5.41, 5.74) is 0.0211. The van der Waals surface area contributed by atoms with Crippen molar-refractivity contribution in [3.05, 3.63) is 48.3 Å². The zero-order valence-electron chi connectivity index (χ0n) is 18.0. The number of ether oxygens (including phenoxy) is 2. The second kappa shape index (κ2) is 10.3. The Morgan fingerprint density at radius 2 is 1.66 bits per heavy atom. The zero-order valence-corrected chi connectivity index (χ0v) is 18.8. The monoisotopic (exact) mass is 468 g/mol. The Morgan fingerprint density at radius 3 is 2.16 bits per heavy atom. The summed E-state index contributed by atoms with van der Waals surface area (Å²) in [6.45, 7) is 2.49. The number of carboxylic acids is 1. The lowest BCUT2D eigenvalue weighted by Crippen LogP contribution is -2.49. The molecule has 0 heterocycles. The number of amides is 1. The minimum absolute atomic E-state index is 0.0211. The summed E-state index contributed by atoms with van der Waals surface area (Å²) in [5.74, 6) is -2.64. The number of carbonyl (C=O) groups is 2. The van der Waals surface area contributed by atoms with E-state index in [1.807, 2.05) is 0 Å². The molecule has 0 bridgehead atoms. The predicted octanol–water partition coefficient (Wildman–Crippen LogP) is 2.26. The SMILES string of the molecule is COc1ccc(S(=O)(=O)N(CC(=O)N[C@H](C(=O)O)C(C)C)c2ccc(F)cc2)cc1OC. The van der Waals surface area contributed by atoms with E-state index >= 15 is 0 Å². The first-order valence-electron chi connectivity index (χ1n) is 9.53. The summed E-state index contributed by atoms with van der Waals surface area (Å²) in [5, 5.41) is 11.6. The number of hydrogen-bond donors (Lipinski definition) is 2. The van der Waals surface area contributed by atoms with Crippen LogP contribution in [0.25, 0.3) is 0 Å². The van der Waals surface area contributed by atoms with Crippen molar-refractivity contribution in [2.45, 2.75) is 24.8 Å². The van der Waals surface area contributed by atoms with Crippen molar-refractivity contribution >= 4 is 27.6 Å². The molecular formula is C21H25FN2O7S. The van der Waals surface area contributed by atoms with Crippen LogP contribution in [0.3, 0.4) is 0 Å². The Hall–Kier alpha value is -3.34. The molecule has 0 aromatic heterocycles. The maximum absolute atomic E-state index is 13.4. The molecule has 174 valence electrons. The van der Waals surface area contributed by atoms with Gasteiger partial charge in [-0.05, 0) is 42.3 Å². The fourth-order valence-corrected chi connectivity index (χ4v) is 4.33. The number of aliphatic carboxylic acids is 1. The van der Waals surface area contributed by atoms with Crippen LogP contribution in [0, 0.1) is 11.7 Å². The Kier molecular flexibility index (Phi) is 8.03. The van der Waals surface area contributed by atoms with Crippen molar-refractivity contribution in [1.29, 1.82) is 0 Å². The molecule has 0 aliphatic heterocycles. The summed E-state index contributed by atoms with van der Waals surface area (Å²) in [6.07, 6.45) is 0. The molecule has 1 amide bonds. The third-order valence-electron chi connectivity index (χ3n) is 4.59. The molecule has 2 N–H and O–H groups in total. The van der Waals surface area contributed by atoms with Crippen LogP contribution in [-0.4, -0.2) is 52.2 Å². The van der Waals surface area contributed by atoms with Gasteiger partial charge < -0.3 is 19.9 Å². The second-order valence-corrected chi connectivity index (χ2v) is 8.99. The van der Waals surface area contributed by atoms with Gasteiger partial charge in [0, 0.05) is 6.07 Å². The van der Waals surface area contributed by atoms with Gasteiger partial charge in [-0.25, -0.2) is 17.6 Å². The van der Waals surface area contributed by atoms with Gasteiger partial charge in [-0.3, -0.25) is 9.10 Å². The first-order valence-corrected chi connectivity index (χ1v) is 11.0. The number of hydrogen-bond acceptors (Lipinski definition) is 6. The molecule has 2 aromatic rings. The summed E-state index contributed by atoms with van der Waals surface area (Å²) in [4.78, 5) is 23.8. The van der Waals surface area contributed by atoms with Crippen LogP contribution in [0.1, 0.15) is 13.8 Å². The molecule has 0 saturated heterocycles. The summed E-state index contributed by atoms with van der Waals surface area (Å²) >= 11 is 0. The van der Waals surface area contributed by atoms with Gasteiger partial charge >= 0.3 is 5.97 Å². The minimum Gasteiger partial charge on any atom is -0.493 e. The number of halogens is 1. The van der Waals surface area contributed by atoms with E-state index in [2.05, 4.69) is 5.32 Å². The average Bonchev–Trinajstić information content (AvgIpc) is 2.75. The number of sulfonamides is 1. The fourth-order valence-electron chi connectivity index (χ4n) is 2.89. The van der Waals surface area contributed by atoms with Crippen LogP contribution in [0.2, 0.25) is 0 Å². The molecule has 32 heavy (non-hydrogen) atoms. The van der Waals surface area contributed by atoms with Gasteiger partial charge in [-0.2, -0.15) is 0 Å². The molecule has 0 fully saturated rings. The topological polar surface area (TPSA) is 122 Å². The van der Waals surface area contributed by atoms with Gasteiger partial charge in [0.05, 0.1) is 24.8 Å². The first-order chi connectivity index (χ1) is 15.0. The lowest BCUT2D eigenvalue weighted by Gasteiger charge is -2.26. The van der Waals surface area contributed by atoms with E-state index in [1.165, 1.54) is 44.6 Å². The number of anilines is 1. The van der Waals surface area contributed by atoms with E-state index in [0.29, 0.717) is 5.75 Å². The number of benzene rings is 2. The first kappa shape index (κ1) is 24.9. The van der Waals surface area contributed by atoms with Gasteiger partial charge in [-0.15, -0.1) is 0 Å². The Morgan fingerprint density at radius 1 is 1.06 bits per heavy atom. The number of nitrogens with one attached hydrogen (secondary N) is 1. The van der Waals surface area contributed by atoms with Crippen LogP contribution in [0.4, 0.5) is 10.1 Å². The molecule has 0 spiro atoms. The van der Waals surface area contributed by atoms with Crippen molar-refractivity contribution in [1.82, 2.24) is 5.32 Å². The zero-order chi connectivity index (χ0) is 24.1. The van der Waals surface area contributed by atoms with Crippen molar-refractivity contribution in [3.63, 3.8) is 0 Å². The van der Waals surface area contributed by atoms with Crippen molar-refractivity contribution in [2.24, 2.45) is 5.92 Å². The molecule has 0 radical (unpaired) electrons. The summed E-state index contributed by atoms with van der Waals surface area (Å²) in [6, 6.07) is 7.22. The van der Waals surface area contributed by atoms with E-state index in [0.717, 1.165) is 16.4 Å². The highest BCUT2D eigenvalue weighted by atomic mass is 32.2. The van der Waals surface area contributed by atoms with Crippen LogP contribution in [0.15, 0.2) is 47.4 Å². The lowest BCUT2D eigenvalue weighted by molar-refractivity contribution is -0.142. The molecule has 2 rings (SSSR count). The smallest absolute Gasteiger partial charge is 0.326 e. The van der Waals surface area contributed by atoms with E-state index < -0.39 is 46.2 Å². The highest BCUT2D eigenvalue weighted by Gasteiger charge is 2.30. The van der Waals surface area contributed by atoms with Crippen molar-refractivity contribution < 1.29 is 37.0 Å². The largest absolute Gasteiger partial charge is 0.493 e. The number of carbonyl (C=O) groups excluding carboxylic acids is 1. The molecule has 9 nitrogen and oxygen atoms in total. The van der Waals surface area contributed by atoms with Crippen molar-refractivity contribution in [2.75, 3.05) is 25.1 Å². The molecule has 2 aromatic carbocycles.